The molecule has 1 heterocycles. The molecule has 1 saturated carbocycles. The fourth-order valence-electron chi connectivity index (χ4n) is 4.75. The van der Waals surface area contributed by atoms with Gasteiger partial charge >= 0.3 is 0 Å². The second-order valence-corrected chi connectivity index (χ2v) is 11.1. The summed E-state index contributed by atoms with van der Waals surface area (Å²) in [6, 6.07) is 10.6. The van der Waals surface area contributed by atoms with Crippen molar-refractivity contribution < 1.29 is 18.0 Å². The van der Waals surface area contributed by atoms with E-state index in [9.17, 15) is 18.0 Å². The van der Waals surface area contributed by atoms with Crippen LogP contribution in [0.2, 0.25) is 0 Å². The van der Waals surface area contributed by atoms with Gasteiger partial charge < -0.3 is 21.7 Å². The Morgan fingerprint density at radius 2 is 1.80 bits per heavy atom. The molecular formula is C24H32N6O4S. The number of benzene rings is 2. The molecule has 2 fully saturated rings. The summed E-state index contributed by atoms with van der Waals surface area (Å²) in [4.78, 5) is 27.6. The van der Waals surface area contributed by atoms with Crippen molar-refractivity contribution in [2.24, 2.45) is 23.3 Å². The van der Waals surface area contributed by atoms with Crippen LogP contribution in [0.5, 0.6) is 0 Å². The average molecular weight is 501 g/mol. The minimum Gasteiger partial charge on any atom is -0.370 e. The maximum absolute atomic E-state index is 13.5. The number of rotatable bonds is 9. The third-order valence-electron chi connectivity index (χ3n) is 6.74. The van der Waals surface area contributed by atoms with Crippen LogP contribution in [-0.2, 0) is 19.6 Å². The van der Waals surface area contributed by atoms with Gasteiger partial charge in [-0.3, -0.25) is 15.0 Å². The highest BCUT2D eigenvalue weighted by Crippen LogP contribution is 2.28. The number of sulfonamides is 1. The van der Waals surface area contributed by atoms with Crippen molar-refractivity contribution in [3.8, 4) is 0 Å². The summed E-state index contributed by atoms with van der Waals surface area (Å²) in [5.74, 6) is -2.48. The number of hydrogen-bond donors (Lipinski definition) is 5. The lowest BCUT2D eigenvalue weighted by Gasteiger charge is -2.35. The number of fused-ring (bicyclic) bond motifs is 1. The van der Waals surface area contributed by atoms with E-state index >= 15 is 0 Å². The number of carbonyl (C=O) groups excluding carboxylic acids is 2. The van der Waals surface area contributed by atoms with E-state index in [-0.39, 0.29) is 29.2 Å². The number of carbonyl (C=O) groups is 2. The predicted octanol–water partition coefficient (Wildman–Crippen LogP) is 0.862. The molecule has 188 valence electrons. The lowest BCUT2D eigenvalue weighted by Crippen LogP contribution is -2.55. The van der Waals surface area contributed by atoms with Gasteiger partial charge in [-0.15, -0.1) is 0 Å². The highest BCUT2D eigenvalue weighted by atomic mass is 32.2. The average Bonchev–Trinajstić information content (AvgIpc) is 3.64. The Bertz CT molecular complexity index is 1220. The Morgan fingerprint density at radius 3 is 2.49 bits per heavy atom. The molecule has 3 atom stereocenters. The summed E-state index contributed by atoms with van der Waals surface area (Å²) >= 11 is 0. The van der Waals surface area contributed by atoms with E-state index in [0.29, 0.717) is 18.5 Å². The van der Waals surface area contributed by atoms with E-state index in [1.807, 2.05) is 18.2 Å². The van der Waals surface area contributed by atoms with E-state index in [1.54, 1.807) is 23.1 Å². The number of primary amides is 1. The first-order valence-corrected chi connectivity index (χ1v) is 13.3. The number of guanidine groups is 1. The van der Waals surface area contributed by atoms with Gasteiger partial charge in [0.05, 0.1) is 10.8 Å². The molecule has 1 aliphatic carbocycles. The number of amides is 2. The lowest BCUT2D eigenvalue weighted by molar-refractivity contribution is -0.131. The van der Waals surface area contributed by atoms with Crippen molar-refractivity contribution in [2.45, 2.75) is 49.1 Å². The summed E-state index contributed by atoms with van der Waals surface area (Å²) in [6.07, 6.45) is 3.37. The fourth-order valence-corrected chi connectivity index (χ4v) is 6.22. The number of piperidine rings is 1. The molecule has 11 heteroatoms. The van der Waals surface area contributed by atoms with Crippen molar-refractivity contribution in [2.75, 3.05) is 13.1 Å². The van der Waals surface area contributed by atoms with Gasteiger partial charge in [0.1, 0.15) is 6.04 Å². The molecular weight excluding hydrogens is 468 g/mol. The Balaban J connectivity index is 1.64. The van der Waals surface area contributed by atoms with Crippen LogP contribution in [0.25, 0.3) is 10.8 Å². The van der Waals surface area contributed by atoms with Crippen molar-refractivity contribution >= 4 is 38.6 Å². The minimum atomic E-state index is -4.17. The third-order valence-corrected chi connectivity index (χ3v) is 8.24. The molecule has 2 aromatic rings. The molecule has 2 amide bonds. The van der Waals surface area contributed by atoms with Crippen molar-refractivity contribution in [3.63, 3.8) is 0 Å². The topological polar surface area (TPSA) is 171 Å². The van der Waals surface area contributed by atoms with Gasteiger partial charge in [-0.2, -0.15) is 4.72 Å². The van der Waals surface area contributed by atoms with Crippen LogP contribution in [0.1, 0.15) is 32.1 Å². The monoisotopic (exact) mass is 500 g/mol. The van der Waals surface area contributed by atoms with Gasteiger partial charge in [-0.05, 0) is 49.5 Å². The lowest BCUT2D eigenvalue weighted by atomic mass is 9.84. The van der Waals surface area contributed by atoms with Crippen LogP contribution < -0.4 is 21.5 Å². The predicted molar refractivity (Wildman–Crippen MR) is 133 cm³/mol. The van der Waals surface area contributed by atoms with Crippen LogP contribution in [0.4, 0.5) is 0 Å². The Morgan fingerprint density at radius 1 is 1.09 bits per heavy atom. The summed E-state index contributed by atoms with van der Waals surface area (Å²) < 4.78 is 29.6. The van der Waals surface area contributed by atoms with Crippen molar-refractivity contribution in [1.82, 2.24) is 14.9 Å². The highest BCUT2D eigenvalue weighted by molar-refractivity contribution is 7.89. The standard InChI is InChI=1S/C24H32N6O4S/c25-22(31)19(13-15-5-4-12-30(14-15)24(26)27)21(23(32)28-17-10-11-17)29-35(33,34)20-9-3-7-16-6-1-2-8-18(16)20/h1-3,6-9,15,17,19,21,29H,4-5,10-14H2,(H2,25,31)(H3,26,27)(H,28,32). The number of nitrogens with zero attached hydrogens (tertiary/aromatic N) is 1. The van der Waals surface area contributed by atoms with E-state index in [1.165, 1.54) is 6.07 Å². The van der Waals surface area contributed by atoms with E-state index < -0.39 is 33.8 Å². The van der Waals surface area contributed by atoms with Gasteiger partial charge in [0.2, 0.25) is 21.8 Å². The summed E-state index contributed by atoms with van der Waals surface area (Å²) in [5.41, 5.74) is 11.4. The molecule has 1 saturated heterocycles. The zero-order chi connectivity index (χ0) is 25.2. The molecule has 2 aliphatic rings. The normalized spacial score (nSPS) is 20.2. The molecule has 0 aromatic heterocycles. The molecule has 7 N–H and O–H groups in total. The first-order chi connectivity index (χ1) is 16.7. The number of hydrogen-bond acceptors (Lipinski definition) is 5. The summed E-state index contributed by atoms with van der Waals surface area (Å²) in [7, 11) is -4.17. The molecule has 1 aliphatic heterocycles. The van der Waals surface area contributed by atoms with E-state index in [2.05, 4.69) is 10.0 Å². The van der Waals surface area contributed by atoms with E-state index in [4.69, 9.17) is 16.9 Å². The van der Waals surface area contributed by atoms with Gasteiger partial charge in [-0.1, -0.05) is 36.4 Å². The SMILES string of the molecule is N=C(N)N1CCCC(CC(C(N)=O)C(NS(=O)(=O)c2cccc3ccccc23)C(=O)NC2CC2)C1. The molecule has 3 unspecified atom stereocenters. The molecule has 2 aromatic carbocycles. The first kappa shape index (κ1) is 24.9. The summed E-state index contributed by atoms with van der Waals surface area (Å²) in [6.45, 7) is 1.10. The third kappa shape index (κ3) is 5.91. The van der Waals surface area contributed by atoms with Gasteiger partial charge in [0.15, 0.2) is 5.96 Å². The molecule has 0 bridgehead atoms. The Hall–Kier alpha value is -3.18. The quantitative estimate of drug-likeness (QED) is 0.252. The van der Waals surface area contributed by atoms with Gasteiger partial charge in [-0.25, -0.2) is 8.42 Å². The van der Waals surface area contributed by atoms with Crippen molar-refractivity contribution in [1.29, 1.82) is 5.41 Å². The number of likely N-dealkylation sites (tertiary alicyclic amines) is 1. The second kappa shape index (κ2) is 10.2. The highest BCUT2D eigenvalue weighted by Gasteiger charge is 2.40. The molecule has 10 nitrogen and oxygen atoms in total. The van der Waals surface area contributed by atoms with Crippen LogP contribution in [0.3, 0.4) is 0 Å². The van der Waals surface area contributed by atoms with Crippen LogP contribution in [-0.4, -0.2) is 56.3 Å². The minimum absolute atomic E-state index is 0.0246. The Labute approximate surface area is 205 Å². The van der Waals surface area contributed by atoms with Gasteiger partial charge in [0, 0.05) is 24.5 Å². The zero-order valence-electron chi connectivity index (χ0n) is 19.4. The largest absolute Gasteiger partial charge is 0.370 e. The van der Waals surface area contributed by atoms with E-state index in [0.717, 1.165) is 31.1 Å². The molecule has 0 radical (unpaired) electrons. The molecule has 35 heavy (non-hydrogen) atoms. The number of nitrogens with two attached hydrogens (primary N) is 2. The van der Waals surface area contributed by atoms with Gasteiger partial charge in [0.25, 0.3) is 0 Å². The summed E-state index contributed by atoms with van der Waals surface area (Å²) in [5, 5.41) is 11.8. The van der Waals surface area contributed by atoms with Crippen LogP contribution >= 0.6 is 0 Å². The molecule has 4 rings (SSSR count). The first-order valence-electron chi connectivity index (χ1n) is 11.8. The second-order valence-electron chi connectivity index (χ2n) is 9.44. The fraction of sp³-hybridized carbons (Fsp3) is 0.458. The van der Waals surface area contributed by atoms with Crippen LogP contribution in [0, 0.1) is 17.2 Å². The maximum Gasteiger partial charge on any atom is 0.241 e. The number of nitrogens with one attached hydrogen (secondary N) is 3. The van der Waals surface area contributed by atoms with Crippen LogP contribution in [0.15, 0.2) is 47.4 Å². The Kier molecular flexibility index (Phi) is 7.27. The smallest absolute Gasteiger partial charge is 0.241 e. The zero-order valence-corrected chi connectivity index (χ0v) is 20.3. The molecule has 0 spiro atoms. The maximum atomic E-state index is 13.5. The van der Waals surface area contributed by atoms with Crippen molar-refractivity contribution in [3.05, 3.63) is 42.5 Å².